The van der Waals surface area contributed by atoms with Crippen molar-refractivity contribution < 1.29 is 24.1 Å². The van der Waals surface area contributed by atoms with E-state index in [2.05, 4.69) is 9.97 Å². The fourth-order valence-electron chi connectivity index (χ4n) is 2.18. The first kappa shape index (κ1) is 16.3. The summed E-state index contributed by atoms with van der Waals surface area (Å²) in [5, 5.41) is 9.49. The molecule has 0 saturated carbocycles. The number of aromatic carboxylic acids is 1. The Kier molecular flexibility index (Phi) is 4.51. The molecule has 8 nitrogen and oxygen atoms in total. The summed E-state index contributed by atoms with van der Waals surface area (Å²) in [6.45, 7) is 0. The normalized spacial score (nSPS) is 10.3. The Morgan fingerprint density at radius 3 is 2.24 bits per heavy atom. The summed E-state index contributed by atoms with van der Waals surface area (Å²) >= 11 is 0. The average Bonchev–Trinajstić information content (AvgIpc) is 3.16. The third kappa shape index (κ3) is 3.52. The number of nitrogens with zero attached hydrogens (tertiary/aromatic N) is 3. The zero-order valence-electron chi connectivity index (χ0n) is 13.5. The maximum Gasteiger partial charge on any atom is 0.339 e. The molecule has 25 heavy (non-hydrogen) atoms. The SMILES string of the molecule is COc1cc(OC)nc(Oc2ccc(-n3cccc3)cc2C(=O)O)n1. The predicted octanol–water partition coefficient (Wildman–Crippen LogP) is 2.78. The number of hydrogen-bond acceptors (Lipinski definition) is 6. The van der Waals surface area contributed by atoms with Crippen molar-refractivity contribution in [3.63, 3.8) is 0 Å². The Bertz CT molecular complexity index is 871. The fourth-order valence-corrected chi connectivity index (χ4v) is 2.18. The number of hydrogen-bond donors (Lipinski definition) is 1. The third-order valence-electron chi connectivity index (χ3n) is 3.37. The van der Waals surface area contributed by atoms with Crippen LogP contribution in [0.15, 0.2) is 48.8 Å². The molecule has 1 aromatic carbocycles. The van der Waals surface area contributed by atoms with Crippen LogP contribution in [0.5, 0.6) is 23.5 Å². The quantitative estimate of drug-likeness (QED) is 0.736. The van der Waals surface area contributed by atoms with Crippen LogP contribution in [-0.2, 0) is 0 Å². The Morgan fingerprint density at radius 2 is 1.68 bits per heavy atom. The molecule has 0 radical (unpaired) electrons. The van der Waals surface area contributed by atoms with Crippen LogP contribution in [0.2, 0.25) is 0 Å². The van der Waals surface area contributed by atoms with E-state index in [1.165, 1.54) is 26.4 Å². The molecule has 0 aliphatic heterocycles. The number of aromatic nitrogens is 3. The molecule has 0 aliphatic carbocycles. The van der Waals surface area contributed by atoms with E-state index < -0.39 is 5.97 Å². The zero-order chi connectivity index (χ0) is 17.8. The van der Waals surface area contributed by atoms with Gasteiger partial charge in [0.1, 0.15) is 11.3 Å². The highest BCUT2D eigenvalue weighted by atomic mass is 16.5. The van der Waals surface area contributed by atoms with Crippen LogP contribution in [-0.4, -0.2) is 39.8 Å². The van der Waals surface area contributed by atoms with E-state index in [-0.39, 0.29) is 29.1 Å². The molecule has 1 N–H and O–H groups in total. The van der Waals surface area contributed by atoms with Gasteiger partial charge in [0.05, 0.1) is 20.3 Å². The van der Waals surface area contributed by atoms with Gasteiger partial charge in [-0.1, -0.05) is 0 Å². The molecule has 0 spiro atoms. The van der Waals surface area contributed by atoms with Gasteiger partial charge < -0.3 is 23.9 Å². The van der Waals surface area contributed by atoms with E-state index in [9.17, 15) is 9.90 Å². The van der Waals surface area contributed by atoms with Crippen LogP contribution in [0.1, 0.15) is 10.4 Å². The lowest BCUT2D eigenvalue weighted by Gasteiger charge is -2.11. The summed E-state index contributed by atoms with van der Waals surface area (Å²) in [5.41, 5.74) is 0.676. The fraction of sp³-hybridized carbons (Fsp3) is 0.118. The molecular formula is C17H15N3O5. The van der Waals surface area contributed by atoms with Crippen LogP contribution in [0.4, 0.5) is 0 Å². The van der Waals surface area contributed by atoms with Crippen molar-refractivity contribution in [2.45, 2.75) is 0 Å². The number of methoxy groups -OCH3 is 2. The molecule has 128 valence electrons. The van der Waals surface area contributed by atoms with Crippen LogP contribution in [0.3, 0.4) is 0 Å². The van der Waals surface area contributed by atoms with Gasteiger partial charge in [0, 0.05) is 18.1 Å². The lowest BCUT2D eigenvalue weighted by atomic mass is 10.1. The molecule has 0 fully saturated rings. The van der Waals surface area contributed by atoms with Crippen molar-refractivity contribution in [2.75, 3.05) is 14.2 Å². The number of carboxylic acids is 1. The second-order valence-electron chi connectivity index (χ2n) is 4.91. The van der Waals surface area contributed by atoms with Gasteiger partial charge in [-0.3, -0.25) is 0 Å². The van der Waals surface area contributed by atoms with Gasteiger partial charge in [-0.15, -0.1) is 0 Å². The molecule has 8 heteroatoms. The number of carboxylic acid groups (broad SMARTS) is 1. The lowest BCUT2D eigenvalue weighted by Crippen LogP contribution is -2.04. The summed E-state index contributed by atoms with van der Waals surface area (Å²) in [5.74, 6) is -0.539. The summed E-state index contributed by atoms with van der Waals surface area (Å²) in [7, 11) is 2.89. The smallest absolute Gasteiger partial charge is 0.339 e. The molecular weight excluding hydrogens is 326 g/mol. The van der Waals surface area contributed by atoms with Crippen LogP contribution in [0.25, 0.3) is 5.69 Å². The van der Waals surface area contributed by atoms with Gasteiger partial charge in [-0.05, 0) is 30.3 Å². The number of ether oxygens (including phenoxy) is 3. The topological polar surface area (TPSA) is 95.7 Å². The minimum absolute atomic E-state index is 0.0170. The van der Waals surface area contributed by atoms with E-state index in [1.54, 1.807) is 16.7 Å². The van der Waals surface area contributed by atoms with Crippen molar-refractivity contribution in [1.29, 1.82) is 0 Å². The molecule has 0 amide bonds. The molecule has 3 rings (SSSR count). The number of benzene rings is 1. The Morgan fingerprint density at radius 1 is 1.04 bits per heavy atom. The second kappa shape index (κ2) is 6.91. The molecule has 2 heterocycles. The van der Waals surface area contributed by atoms with E-state index in [1.807, 2.05) is 24.5 Å². The highest BCUT2D eigenvalue weighted by Crippen LogP contribution is 2.28. The van der Waals surface area contributed by atoms with E-state index in [0.29, 0.717) is 5.69 Å². The minimum Gasteiger partial charge on any atom is -0.481 e. The van der Waals surface area contributed by atoms with Crippen LogP contribution in [0, 0.1) is 0 Å². The van der Waals surface area contributed by atoms with E-state index >= 15 is 0 Å². The van der Waals surface area contributed by atoms with E-state index in [4.69, 9.17) is 14.2 Å². The van der Waals surface area contributed by atoms with Crippen molar-refractivity contribution in [2.24, 2.45) is 0 Å². The summed E-state index contributed by atoms with van der Waals surface area (Å²) in [4.78, 5) is 19.7. The molecule has 0 bridgehead atoms. The highest BCUT2D eigenvalue weighted by molar-refractivity contribution is 5.91. The van der Waals surface area contributed by atoms with E-state index in [0.717, 1.165) is 0 Å². The summed E-state index contributed by atoms with van der Waals surface area (Å²) < 4.78 is 17.4. The average molecular weight is 341 g/mol. The first-order valence-electron chi connectivity index (χ1n) is 7.26. The molecule has 2 aromatic heterocycles. The molecule has 0 saturated heterocycles. The third-order valence-corrected chi connectivity index (χ3v) is 3.37. The predicted molar refractivity (Wildman–Crippen MR) is 87.9 cm³/mol. The molecule has 3 aromatic rings. The highest BCUT2D eigenvalue weighted by Gasteiger charge is 2.16. The van der Waals surface area contributed by atoms with Crippen molar-refractivity contribution in [3.8, 4) is 29.2 Å². The standard InChI is InChI=1S/C17H15N3O5/c1-23-14-10-15(24-2)19-17(18-14)25-13-6-5-11(9-12(13)16(21)22)20-7-3-4-8-20/h3-10H,1-2H3,(H,21,22). The Labute approximate surface area is 143 Å². The van der Waals surface area contributed by atoms with Gasteiger partial charge in [0.2, 0.25) is 11.8 Å². The first-order chi connectivity index (χ1) is 12.1. The molecule has 0 aliphatic rings. The summed E-state index contributed by atoms with van der Waals surface area (Å²) in [6, 6.07) is 9.90. The summed E-state index contributed by atoms with van der Waals surface area (Å²) in [6.07, 6.45) is 3.63. The largest absolute Gasteiger partial charge is 0.481 e. The van der Waals surface area contributed by atoms with Gasteiger partial charge in [0.15, 0.2) is 0 Å². The minimum atomic E-state index is -1.13. The Balaban J connectivity index is 1.98. The second-order valence-corrected chi connectivity index (χ2v) is 4.91. The van der Waals surface area contributed by atoms with Gasteiger partial charge in [0.25, 0.3) is 0 Å². The van der Waals surface area contributed by atoms with Gasteiger partial charge in [-0.2, -0.15) is 9.97 Å². The van der Waals surface area contributed by atoms with Crippen molar-refractivity contribution in [3.05, 3.63) is 54.4 Å². The lowest BCUT2D eigenvalue weighted by molar-refractivity contribution is 0.0694. The maximum atomic E-state index is 11.6. The van der Waals surface area contributed by atoms with Gasteiger partial charge >= 0.3 is 12.0 Å². The molecule has 0 atom stereocenters. The van der Waals surface area contributed by atoms with Crippen molar-refractivity contribution in [1.82, 2.24) is 14.5 Å². The number of carbonyl (C=O) groups is 1. The maximum absolute atomic E-state index is 11.6. The van der Waals surface area contributed by atoms with Gasteiger partial charge in [-0.25, -0.2) is 4.79 Å². The first-order valence-corrected chi connectivity index (χ1v) is 7.26. The zero-order valence-corrected chi connectivity index (χ0v) is 13.5. The van der Waals surface area contributed by atoms with Crippen LogP contribution >= 0.6 is 0 Å². The monoisotopic (exact) mass is 341 g/mol. The Hall–Kier alpha value is -3.55. The number of rotatable bonds is 6. The van der Waals surface area contributed by atoms with Crippen LogP contribution < -0.4 is 14.2 Å². The van der Waals surface area contributed by atoms with Crippen molar-refractivity contribution >= 4 is 5.97 Å². The molecule has 0 unspecified atom stereocenters.